The average molecular weight is 166 g/mol. The fourth-order valence-electron chi connectivity index (χ4n) is 1.06. The van der Waals surface area contributed by atoms with Crippen molar-refractivity contribution in [3.8, 4) is 0 Å². The van der Waals surface area contributed by atoms with Crippen LogP contribution in [0.5, 0.6) is 0 Å². The van der Waals surface area contributed by atoms with E-state index in [1.807, 2.05) is 19.1 Å². The maximum atomic E-state index is 9.43. The zero-order valence-corrected chi connectivity index (χ0v) is 7.14. The van der Waals surface area contributed by atoms with Crippen molar-refractivity contribution in [2.45, 2.75) is 25.5 Å². The van der Waals surface area contributed by atoms with Gasteiger partial charge in [-0.1, -0.05) is 6.92 Å². The maximum absolute atomic E-state index is 9.43. The molecule has 0 saturated carbocycles. The molecule has 0 unspecified atom stereocenters. The SMILES string of the molecule is CC[C@@H](O)[C@@H](N)c1ccncc1. The third-order valence-corrected chi connectivity index (χ3v) is 1.92. The Morgan fingerprint density at radius 2 is 2.08 bits per heavy atom. The summed E-state index contributed by atoms with van der Waals surface area (Å²) in [6.07, 6.45) is 3.56. The molecule has 1 aromatic rings. The lowest BCUT2D eigenvalue weighted by Gasteiger charge is -2.16. The Morgan fingerprint density at radius 3 is 2.58 bits per heavy atom. The number of nitrogens with two attached hydrogens (primary N) is 1. The molecular formula is C9H14N2O. The van der Waals surface area contributed by atoms with Gasteiger partial charge in [0.05, 0.1) is 12.1 Å². The van der Waals surface area contributed by atoms with Crippen molar-refractivity contribution in [1.82, 2.24) is 4.98 Å². The van der Waals surface area contributed by atoms with Crippen LogP contribution in [0.3, 0.4) is 0 Å². The van der Waals surface area contributed by atoms with Crippen LogP contribution in [0, 0.1) is 0 Å². The molecule has 12 heavy (non-hydrogen) atoms. The number of aliphatic hydroxyl groups is 1. The number of hydrogen-bond acceptors (Lipinski definition) is 3. The number of aliphatic hydroxyl groups excluding tert-OH is 1. The second-order valence-corrected chi connectivity index (χ2v) is 2.78. The van der Waals surface area contributed by atoms with E-state index in [1.54, 1.807) is 12.4 Å². The Morgan fingerprint density at radius 1 is 1.50 bits per heavy atom. The Bertz CT molecular complexity index is 225. The molecule has 66 valence electrons. The fourth-order valence-corrected chi connectivity index (χ4v) is 1.06. The molecular weight excluding hydrogens is 152 g/mol. The Hall–Kier alpha value is -0.930. The van der Waals surface area contributed by atoms with Crippen LogP contribution in [0.15, 0.2) is 24.5 Å². The first kappa shape index (κ1) is 9.16. The van der Waals surface area contributed by atoms with Gasteiger partial charge in [-0.3, -0.25) is 4.98 Å². The van der Waals surface area contributed by atoms with Gasteiger partial charge in [-0.2, -0.15) is 0 Å². The van der Waals surface area contributed by atoms with E-state index in [9.17, 15) is 5.11 Å². The highest BCUT2D eigenvalue weighted by Crippen LogP contribution is 2.14. The van der Waals surface area contributed by atoms with Gasteiger partial charge in [0.1, 0.15) is 0 Å². The van der Waals surface area contributed by atoms with Crippen LogP contribution in [-0.4, -0.2) is 16.2 Å². The molecule has 0 radical (unpaired) electrons. The highest BCUT2D eigenvalue weighted by molar-refractivity contribution is 5.15. The van der Waals surface area contributed by atoms with Gasteiger partial charge in [0.25, 0.3) is 0 Å². The minimum absolute atomic E-state index is 0.294. The molecule has 1 aromatic heterocycles. The first-order valence-corrected chi connectivity index (χ1v) is 4.09. The molecule has 0 aromatic carbocycles. The van der Waals surface area contributed by atoms with Gasteiger partial charge in [-0.25, -0.2) is 0 Å². The monoisotopic (exact) mass is 166 g/mol. The molecule has 0 saturated heterocycles. The topological polar surface area (TPSA) is 59.1 Å². The molecule has 0 fully saturated rings. The van der Waals surface area contributed by atoms with Crippen molar-refractivity contribution in [1.29, 1.82) is 0 Å². The fraction of sp³-hybridized carbons (Fsp3) is 0.444. The number of hydrogen-bond donors (Lipinski definition) is 2. The van der Waals surface area contributed by atoms with Crippen molar-refractivity contribution >= 4 is 0 Å². The molecule has 1 heterocycles. The van der Waals surface area contributed by atoms with Gasteiger partial charge in [0.2, 0.25) is 0 Å². The van der Waals surface area contributed by atoms with E-state index in [0.29, 0.717) is 6.42 Å². The lowest BCUT2D eigenvalue weighted by Crippen LogP contribution is -2.25. The quantitative estimate of drug-likeness (QED) is 0.700. The smallest absolute Gasteiger partial charge is 0.0730 e. The van der Waals surface area contributed by atoms with E-state index >= 15 is 0 Å². The Balaban J connectivity index is 2.71. The number of nitrogens with zero attached hydrogens (tertiary/aromatic N) is 1. The predicted octanol–water partition coefficient (Wildman–Crippen LogP) is 0.852. The van der Waals surface area contributed by atoms with Crippen molar-refractivity contribution in [3.05, 3.63) is 30.1 Å². The Kier molecular flexibility index (Phi) is 3.19. The predicted molar refractivity (Wildman–Crippen MR) is 47.5 cm³/mol. The summed E-state index contributed by atoms with van der Waals surface area (Å²) >= 11 is 0. The lowest BCUT2D eigenvalue weighted by molar-refractivity contribution is 0.140. The van der Waals surface area contributed by atoms with E-state index in [1.165, 1.54) is 0 Å². The van der Waals surface area contributed by atoms with Crippen molar-refractivity contribution in [2.24, 2.45) is 5.73 Å². The Labute approximate surface area is 72.2 Å². The van der Waals surface area contributed by atoms with Crippen LogP contribution in [-0.2, 0) is 0 Å². The van der Waals surface area contributed by atoms with Crippen molar-refractivity contribution in [2.75, 3.05) is 0 Å². The summed E-state index contributed by atoms with van der Waals surface area (Å²) in [4.78, 5) is 3.88. The highest BCUT2D eigenvalue weighted by atomic mass is 16.3. The number of rotatable bonds is 3. The molecule has 0 bridgehead atoms. The van der Waals surface area contributed by atoms with E-state index in [0.717, 1.165) is 5.56 Å². The second-order valence-electron chi connectivity index (χ2n) is 2.78. The van der Waals surface area contributed by atoms with Crippen LogP contribution in [0.1, 0.15) is 24.9 Å². The van der Waals surface area contributed by atoms with Gasteiger partial charge in [0.15, 0.2) is 0 Å². The van der Waals surface area contributed by atoms with Gasteiger partial charge in [-0.15, -0.1) is 0 Å². The molecule has 0 aliphatic heterocycles. The van der Waals surface area contributed by atoms with Gasteiger partial charge in [0, 0.05) is 12.4 Å². The summed E-state index contributed by atoms with van der Waals surface area (Å²) in [6, 6.07) is 3.35. The van der Waals surface area contributed by atoms with Gasteiger partial charge in [-0.05, 0) is 24.1 Å². The normalized spacial score (nSPS) is 15.6. The van der Waals surface area contributed by atoms with Gasteiger partial charge >= 0.3 is 0 Å². The van der Waals surface area contributed by atoms with E-state index in [4.69, 9.17) is 5.73 Å². The van der Waals surface area contributed by atoms with Crippen LogP contribution < -0.4 is 5.73 Å². The molecule has 1 rings (SSSR count). The van der Waals surface area contributed by atoms with Crippen LogP contribution >= 0.6 is 0 Å². The van der Waals surface area contributed by atoms with Crippen LogP contribution in [0.4, 0.5) is 0 Å². The van der Waals surface area contributed by atoms with Gasteiger partial charge < -0.3 is 10.8 Å². The highest BCUT2D eigenvalue weighted by Gasteiger charge is 2.13. The first-order chi connectivity index (χ1) is 5.75. The second kappa shape index (κ2) is 4.18. The standard InChI is InChI=1S/C9H14N2O/c1-2-8(12)9(10)7-3-5-11-6-4-7/h3-6,8-9,12H,2,10H2,1H3/t8-,9+/m1/s1. The van der Waals surface area contributed by atoms with Crippen molar-refractivity contribution in [3.63, 3.8) is 0 Å². The zero-order valence-electron chi connectivity index (χ0n) is 7.14. The molecule has 0 aliphatic rings. The third kappa shape index (κ3) is 2.03. The first-order valence-electron chi connectivity index (χ1n) is 4.09. The molecule has 3 nitrogen and oxygen atoms in total. The maximum Gasteiger partial charge on any atom is 0.0730 e. The molecule has 3 N–H and O–H groups in total. The summed E-state index contributed by atoms with van der Waals surface area (Å²) in [5.74, 6) is 0. The minimum atomic E-state index is -0.465. The molecule has 3 heteroatoms. The van der Waals surface area contributed by atoms with Crippen LogP contribution in [0.25, 0.3) is 0 Å². The summed E-state index contributed by atoms with van der Waals surface area (Å²) in [5.41, 5.74) is 6.70. The number of pyridine rings is 1. The van der Waals surface area contributed by atoms with E-state index in [2.05, 4.69) is 4.98 Å². The summed E-state index contributed by atoms with van der Waals surface area (Å²) < 4.78 is 0. The summed E-state index contributed by atoms with van der Waals surface area (Å²) in [7, 11) is 0. The summed E-state index contributed by atoms with van der Waals surface area (Å²) in [6.45, 7) is 1.91. The van der Waals surface area contributed by atoms with Crippen LogP contribution in [0.2, 0.25) is 0 Å². The zero-order chi connectivity index (χ0) is 8.97. The van der Waals surface area contributed by atoms with E-state index < -0.39 is 6.10 Å². The molecule has 2 atom stereocenters. The summed E-state index contributed by atoms with van der Waals surface area (Å²) in [5, 5.41) is 9.43. The average Bonchev–Trinajstić information content (AvgIpc) is 2.17. The molecule has 0 amide bonds. The van der Waals surface area contributed by atoms with E-state index in [-0.39, 0.29) is 6.04 Å². The molecule has 0 aliphatic carbocycles. The van der Waals surface area contributed by atoms with Crippen molar-refractivity contribution < 1.29 is 5.11 Å². The lowest BCUT2D eigenvalue weighted by atomic mass is 10.0. The third-order valence-electron chi connectivity index (χ3n) is 1.92. The minimum Gasteiger partial charge on any atom is -0.391 e. The number of aromatic nitrogens is 1. The largest absolute Gasteiger partial charge is 0.391 e. The molecule has 0 spiro atoms.